The maximum Gasteiger partial charge on any atom is 0.239 e. The molecule has 1 fully saturated rings. The summed E-state index contributed by atoms with van der Waals surface area (Å²) in [7, 11) is 0. The van der Waals surface area contributed by atoms with Crippen molar-refractivity contribution in [2.75, 3.05) is 28.8 Å². The minimum Gasteiger partial charge on any atom is -0.368 e. The van der Waals surface area contributed by atoms with Crippen LogP contribution in [-0.2, 0) is 0 Å². The second kappa shape index (κ2) is 6.28. The highest BCUT2D eigenvalue weighted by Gasteiger charge is 2.14. The SMILES string of the molecule is NNc1ncc(Cl)c(NCC2CCSCC2)n1. The summed E-state index contributed by atoms with van der Waals surface area (Å²) in [6.07, 6.45) is 4.05. The lowest BCUT2D eigenvalue weighted by atomic mass is 10.0. The molecule has 0 atom stereocenters. The molecule has 0 amide bonds. The highest BCUT2D eigenvalue weighted by atomic mass is 35.5. The molecular weight excluding hydrogens is 258 g/mol. The Kier molecular flexibility index (Phi) is 4.70. The summed E-state index contributed by atoms with van der Waals surface area (Å²) in [5.74, 6) is 9.48. The van der Waals surface area contributed by atoms with Gasteiger partial charge >= 0.3 is 0 Å². The zero-order chi connectivity index (χ0) is 12.1. The molecule has 1 aromatic heterocycles. The van der Waals surface area contributed by atoms with Gasteiger partial charge in [0.1, 0.15) is 5.02 Å². The molecule has 1 aromatic rings. The van der Waals surface area contributed by atoms with Gasteiger partial charge in [-0.15, -0.1) is 0 Å². The third kappa shape index (κ3) is 3.62. The van der Waals surface area contributed by atoms with Crippen molar-refractivity contribution >= 4 is 35.1 Å². The molecule has 0 radical (unpaired) electrons. The molecule has 1 saturated heterocycles. The first-order chi connectivity index (χ1) is 8.29. The van der Waals surface area contributed by atoms with Crippen molar-refractivity contribution in [3.63, 3.8) is 0 Å². The fraction of sp³-hybridized carbons (Fsp3) is 0.600. The van der Waals surface area contributed by atoms with Crippen LogP contribution in [-0.4, -0.2) is 28.0 Å². The van der Waals surface area contributed by atoms with Gasteiger partial charge in [-0.05, 0) is 30.3 Å². The predicted molar refractivity (Wildman–Crippen MR) is 73.4 cm³/mol. The smallest absolute Gasteiger partial charge is 0.239 e. The third-order valence-electron chi connectivity index (χ3n) is 2.77. The van der Waals surface area contributed by atoms with E-state index in [-0.39, 0.29) is 0 Å². The van der Waals surface area contributed by atoms with Gasteiger partial charge in [-0.25, -0.2) is 10.8 Å². The van der Waals surface area contributed by atoms with Gasteiger partial charge in [0, 0.05) is 6.54 Å². The van der Waals surface area contributed by atoms with E-state index in [2.05, 4.69) is 20.7 Å². The van der Waals surface area contributed by atoms with E-state index in [0.717, 1.165) is 6.54 Å². The lowest BCUT2D eigenvalue weighted by Crippen LogP contribution is -2.20. The summed E-state index contributed by atoms with van der Waals surface area (Å²) in [4.78, 5) is 8.11. The summed E-state index contributed by atoms with van der Waals surface area (Å²) in [6, 6.07) is 0. The largest absolute Gasteiger partial charge is 0.368 e. The Morgan fingerprint density at radius 2 is 2.24 bits per heavy atom. The van der Waals surface area contributed by atoms with Gasteiger partial charge in [0.25, 0.3) is 0 Å². The van der Waals surface area contributed by atoms with Crippen LogP contribution in [0.2, 0.25) is 5.02 Å². The van der Waals surface area contributed by atoms with Crippen LogP contribution in [0.15, 0.2) is 6.20 Å². The van der Waals surface area contributed by atoms with Gasteiger partial charge in [0.15, 0.2) is 5.82 Å². The van der Waals surface area contributed by atoms with E-state index in [4.69, 9.17) is 17.4 Å². The second-order valence-corrected chi connectivity index (χ2v) is 5.60. The van der Waals surface area contributed by atoms with E-state index in [1.165, 1.54) is 24.3 Å². The zero-order valence-corrected chi connectivity index (χ0v) is 11.0. The number of nitrogen functional groups attached to an aromatic ring is 1. The van der Waals surface area contributed by atoms with Gasteiger partial charge in [0.05, 0.1) is 6.20 Å². The summed E-state index contributed by atoms with van der Waals surface area (Å²) >= 11 is 8.03. The number of hydrazine groups is 1. The maximum atomic E-state index is 6.01. The first kappa shape index (κ1) is 12.7. The number of hydrogen-bond donors (Lipinski definition) is 3. The van der Waals surface area contributed by atoms with Crippen LogP contribution in [0.5, 0.6) is 0 Å². The number of nitrogens with one attached hydrogen (secondary N) is 2. The molecule has 0 aliphatic carbocycles. The van der Waals surface area contributed by atoms with E-state index in [1.54, 1.807) is 6.20 Å². The Balaban J connectivity index is 1.92. The van der Waals surface area contributed by atoms with Gasteiger partial charge in [-0.2, -0.15) is 16.7 Å². The fourth-order valence-corrected chi connectivity index (χ4v) is 3.11. The van der Waals surface area contributed by atoms with Crippen molar-refractivity contribution in [1.82, 2.24) is 9.97 Å². The highest BCUT2D eigenvalue weighted by Crippen LogP contribution is 2.24. The van der Waals surface area contributed by atoms with Gasteiger partial charge < -0.3 is 5.32 Å². The summed E-state index contributed by atoms with van der Waals surface area (Å²) in [5.41, 5.74) is 2.41. The molecule has 0 saturated carbocycles. The van der Waals surface area contributed by atoms with Crippen LogP contribution in [0, 0.1) is 5.92 Å². The molecule has 94 valence electrons. The predicted octanol–water partition coefficient (Wildman–Crippen LogP) is 1.97. The normalized spacial score (nSPS) is 16.8. The van der Waals surface area contributed by atoms with Crippen molar-refractivity contribution in [1.29, 1.82) is 0 Å². The molecule has 2 heterocycles. The standard InChI is InChI=1S/C10H16ClN5S/c11-8-6-14-10(16-12)15-9(8)13-5-7-1-3-17-4-2-7/h6-7H,1-5,12H2,(H2,13,14,15,16). The van der Waals surface area contributed by atoms with Crippen LogP contribution in [0.4, 0.5) is 11.8 Å². The Morgan fingerprint density at radius 3 is 2.94 bits per heavy atom. The molecule has 4 N–H and O–H groups in total. The van der Waals surface area contributed by atoms with E-state index < -0.39 is 0 Å². The van der Waals surface area contributed by atoms with Crippen LogP contribution >= 0.6 is 23.4 Å². The maximum absolute atomic E-state index is 6.01. The van der Waals surface area contributed by atoms with Crippen molar-refractivity contribution in [2.45, 2.75) is 12.8 Å². The number of aromatic nitrogens is 2. The van der Waals surface area contributed by atoms with Crippen molar-refractivity contribution in [3.05, 3.63) is 11.2 Å². The molecule has 5 nitrogen and oxygen atoms in total. The second-order valence-electron chi connectivity index (χ2n) is 3.97. The lowest BCUT2D eigenvalue weighted by molar-refractivity contribution is 0.515. The summed E-state index contributed by atoms with van der Waals surface area (Å²) < 4.78 is 0. The van der Waals surface area contributed by atoms with Crippen molar-refractivity contribution in [3.8, 4) is 0 Å². The quantitative estimate of drug-likeness (QED) is 0.575. The number of rotatable bonds is 4. The fourth-order valence-electron chi connectivity index (χ4n) is 1.75. The first-order valence-electron chi connectivity index (χ1n) is 5.60. The number of halogens is 1. The molecule has 0 unspecified atom stereocenters. The number of hydrogen-bond acceptors (Lipinski definition) is 6. The van der Waals surface area contributed by atoms with Crippen molar-refractivity contribution < 1.29 is 0 Å². The van der Waals surface area contributed by atoms with E-state index in [0.29, 0.717) is 22.7 Å². The molecule has 2 rings (SSSR count). The Morgan fingerprint density at radius 1 is 1.47 bits per heavy atom. The van der Waals surface area contributed by atoms with E-state index in [9.17, 15) is 0 Å². The minimum absolute atomic E-state index is 0.371. The molecule has 0 bridgehead atoms. The highest BCUT2D eigenvalue weighted by molar-refractivity contribution is 7.99. The topological polar surface area (TPSA) is 75.9 Å². The molecule has 7 heteroatoms. The van der Waals surface area contributed by atoms with Gasteiger partial charge in [-0.3, -0.25) is 5.43 Å². The average molecular weight is 274 g/mol. The molecule has 0 aromatic carbocycles. The number of nitrogens with two attached hydrogens (primary N) is 1. The molecule has 1 aliphatic rings. The van der Waals surface area contributed by atoms with Crippen LogP contribution in [0.1, 0.15) is 12.8 Å². The Labute approximate surface area is 110 Å². The number of thioether (sulfide) groups is 1. The van der Waals surface area contributed by atoms with Crippen LogP contribution in [0.25, 0.3) is 0 Å². The Hall–Kier alpha value is -0.720. The van der Waals surface area contributed by atoms with Gasteiger partial charge in [-0.1, -0.05) is 11.6 Å². The number of anilines is 2. The number of nitrogens with zero attached hydrogens (tertiary/aromatic N) is 2. The summed E-state index contributed by atoms with van der Waals surface area (Å²) in [5, 5.41) is 3.79. The average Bonchev–Trinajstić information content (AvgIpc) is 2.39. The monoisotopic (exact) mass is 273 g/mol. The first-order valence-corrected chi connectivity index (χ1v) is 7.13. The Bertz CT molecular complexity index is 370. The van der Waals surface area contributed by atoms with Crippen LogP contribution in [0.3, 0.4) is 0 Å². The molecule has 17 heavy (non-hydrogen) atoms. The van der Waals surface area contributed by atoms with Crippen molar-refractivity contribution in [2.24, 2.45) is 11.8 Å². The summed E-state index contributed by atoms with van der Waals surface area (Å²) in [6.45, 7) is 0.904. The lowest BCUT2D eigenvalue weighted by Gasteiger charge is -2.22. The minimum atomic E-state index is 0.371. The third-order valence-corrected chi connectivity index (χ3v) is 4.10. The van der Waals surface area contributed by atoms with Gasteiger partial charge in [0.2, 0.25) is 5.95 Å². The van der Waals surface area contributed by atoms with E-state index in [1.807, 2.05) is 11.8 Å². The molecule has 1 aliphatic heterocycles. The van der Waals surface area contributed by atoms with Crippen LogP contribution < -0.4 is 16.6 Å². The molecular formula is C10H16ClN5S. The zero-order valence-electron chi connectivity index (χ0n) is 9.45. The molecule has 0 spiro atoms. The van der Waals surface area contributed by atoms with E-state index >= 15 is 0 Å².